The van der Waals surface area contributed by atoms with Crippen molar-refractivity contribution in [2.75, 3.05) is 13.2 Å². The molecular formula is C15H23NO2. The van der Waals surface area contributed by atoms with E-state index in [0.717, 1.165) is 18.7 Å². The van der Waals surface area contributed by atoms with Crippen LogP contribution < -0.4 is 5.32 Å². The number of hydrogen-bond acceptors (Lipinski definition) is 3. The molecule has 0 amide bonds. The first-order valence-electron chi connectivity index (χ1n) is 6.95. The number of rotatable bonds is 6. The van der Waals surface area contributed by atoms with Crippen LogP contribution in [0.4, 0.5) is 0 Å². The molecule has 3 heteroatoms. The van der Waals surface area contributed by atoms with Crippen molar-refractivity contribution in [2.24, 2.45) is 0 Å². The Bertz CT molecular complexity index is 348. The molecule has 100 valence electrons. The molecule has 3 nitrogen and oxygen atoms in total. The number of hydrogen-bond donors (Lipinski definition) is 2. The highest BCUT2D eigenvalue weighted by molar-refractivity contribution is 5.31. The van der Waals surface area contributed by atoms with Gasteiger partial charge in [-0.05, 0) is 18.9 Å². The molecule has 1 aliphatic rings. The normalized spacial score (nSPS) is 16.9. The van der Waals surface area contributed by atoms with E-state index in [1.165, 1.54) is 32.1 Å². The highest BCUT2D eigenvalue weighted by atomic mass is 16.5. The zero-order valence-electron chi connectivity index (χ0n) is 10.9. The second kappa shape index (κ2) is 7.39. The highest BCUT2D eigenvalue weighted by Crippen LogP contribution is 2.20. The van der Waals surface area contributed by atoms with Crippen molar-refractivity contribution >= 4 is 0 Å². The molecule has 0 saturated heterocycles. The number of para-hydroxylation sites is 1. The monoisotopic (exact) mass is 249 g/mol. The summed E-state index contributed by atoms with van der Waals surface area (Å²) < 4.78 is 5.83. The van der Waals surface area contributed by atoms with E-state index in [0.29, 0.717) is 18.4 Å². The first kappa shape index (κ1) is 13.4. The van der Waals surface area contributed by atoms with Gasteiger partial charge in [0, 0.05) is 18.7 Å². The largest absolute Gasteiger partial charge is 0.508 e. The van der Waals surface area contributed by atoms with Crippen LogP contribution in [-0.4, -0.2) is 24.4 Å². The third-order valence-electron chi connectivity index (χ3n) is 3.49. The summed E-state index contributed by atoms with van der Waals surface area (Å²) in [4.78, 5) is 0. The van der Waals surface area contributed by atoms with Crippen molar-refractivity contribution < 1.29 is 9.84 Å². The summed E-state index contributed by atoms with van der Waals surface area (Å²) in [5.74, 6) is 0.359. The van der Waals surface area contributed by atoms with E-state index in [2.05, 4.69) is 5.32 Å². The van der Waals surface area contributed by atoms with Crippen LogP contribution in [0.15, 0.2) is 24.3 Å². The predicted octanol–water partition coefficient (Wildman–Crippen LogP) is 2.83. The molecule has 0 atom stereocenters. The van der Waals surface area contributed by atoms with Gasteiger partial charge in [0.05, 0.1) is 12.7 Å². The number of phenols is 1. The van der Waals surface area contributed by atoms with E-state index >= 15 is 0 Å². The highest BCUT2D eigenvalue weighted by Gasteiger charge is 2.12. The first-order chi connectivity index (χ1) is 8.86. The molecule has 2 N–H and O–H groups in total. The standard InChI is InChI=1S/C15H23NO2/c17-15-9-5-4-6-13(15)12-16-10-11-18-14-7-2-1-3-8-14/h4-6,9,14,16-17H,1-3,7-8,10-12H2. The molecule has 0 radical (unpaired) electrons. The lowest BCUT2D eigenvalue weighted by molar-refractivity contribution is 0.0302. The van der Waals surface area contributed by atoms with E-state index in [4.69, 9.17) is 4.74 Å². The Labute approximate surface area is 109 Å². The van der Waals surface area contributed by atoms with Crippen LogP contribution in [0.5, 0.6) is 5.75 Å². The summed E-state index contributed by atoms with van der Waals surface area (Å²) >= 11 is 0. The minimum Gasteiger partial charge on any atom is -0.508 e. The summed E-state index contributed by atoms with van der Waals surface area (Å²) in [6.45, 7) is 2.30. The van der Waals surface area contributed by atoms with E-state index in [1.54, 1.807) is 6.07 Å². The fourth-order valence-corrected chi connectivity index (χ4v) is 2.41. The predicted molar refractivity (Wildman–Crippen MR) is 72.6 cm³/mol. The topological polar surface area (TPSA) is 41.5 Å². The maximum absolute atomic E-state index is 9.60. The van der Waals surface area contributed by atoms with Gasteiger partial charge in [-0.15, -0.1) is 0 Å². The van der Waals surface area contributed by atoms with Gasteiger partial charge in [-0.25, -0.2) is 0 Å². The van der Waals surface area contributed by atoms with Crippen LogP contribution in [0.25, 0.3) is 0 Å². The fraction of sp³-hybridized carbons (Fsp3) is 0.600. The second-order valence-corrected chi connectivity index (χ2v) is 4.94. The molecule has 2 rings (SSSR count). The maximum atomic E-state index is 9.60. The number of nitrogens with one attached hydrogen (secondary N) is 1. The second-order valence-electron chi connectivity index (χ2n) is 4.94. The number of aromatic hydroxyl groups is 1. The van der Waals surface area contributed by atoms with Crippen molar-refractivity contribution in [3.63, 3.8) is 0 Å². The van der Waals surface area contributed by atoms with Crippen LogP contribution in [0.3, 0.4) is 0 Å². The van der Waals surface area contributed by atoms with Crippen LogP contribution >= 0.6 is 0 Å². The van der Waals surface area contributed by atoms with Crippen molar-refractivity contribution in [1.29, 1.82) is 0 Å². The molecule has 18 heavy (non-hydrogen) atoms. The van der Waals surface area contributed by atoms with Gasteiger partial charge in [0.25, 0.3) is 0 Å². The summed E-state index contributed by atoms with van der Waals surface area (Å²) in [6.07, 6.45) is 6.92. The average molecular weight is 249 g/mol. The zero-order valence-corrected chi connectivity index (χ0v) is 10.9. The third kappa shape index (κ3) is 4.31. The first-order valence-corrected chi connectivity index (χ1v) is 6.95. The van der Waals surface area contributed by atoms with Gasteiger partial charge in [-0.3, -0.25) is 0 Å². The third-order valence-corrected chi connectivity index (χ3v) is 3.49. The lowest BCUT2D eigenvalue weighted by Crippen LogP contribution is -2.24. The van der Waals surface area contributed by atoms with Crippen LogP contribution in [-0.2, 0) is 11.3 Å². The van der Waals surface area contributed by atoms with Crippen LogP contribution in [0.1, 0.15) is 37.7 Å². The minimum atomic E-state index is 0.359. The quantitative estimate of drug-likeness (QED) is 0.762. The molecule has 0 bridgehead atoms. The number of ether oxygens (including phenoxy) is 1. The van der Waals surface area contributed by atoms with Gasteiger partial charge in [0.1, 0.15) is 5.75 Å². The Morgan fingerprint density at radius 2 is 1.94 bits per heavy atom. The molecular weight excluding hydrogens is 226 g/mol. The molecule has 1 saturated carbocycles. The van der Waals surface area contributed by atoms with E-state index in [1.807, 2.05) is 18.2 Å². The van der Waals surface area contributed by atoms with Gasteiger partial charge in [0.2, 0.25) is 0 Å². The van der Waals surface area contributed by atoms with Crippen molar-refractivity contribution in [3.8, 4) is 5.75 Å². The molecule has 1 aliphatic carbocycles. The van der Waals surface area contributed by atoms with Crippen molar-refractivity contribution in [1.82, 2.24) is 5.32 Å². The van der Waals surface area contributed by atoms with Gasteiger partial charge in [-0.2, -0.15) is 0 Å². The molecule has 0 spiro atoms. The smallest absolute Gasteiger partial charge is 0.120 e. The molecule has 1 aromatic carbocycles. The van der Waals surface area contributed by atoms with E-state index in [-0.39, 0.29) is 0 Å². The van der Waals surface area contributed by atoms with E-state index < -0.39 is 0 Å². The lowest BCUT2D eigenvalue weighted by atomic mass is 9.98. The summed E-state index contributed by atoms with van der Waals surface area (Å²) in [7, 11) is 0. The summed E-state index contributed by atoms with van der Waals surface area (Å²) in [5.41, 5.74) is 0.940. The molecule has 1 aromatic rings. The lowest BCUT2D eigenvalue weighted by Gasteiger charge is -2.22. The fourth-order valence-electron chi connectivity index (χ4n) is 2.41. The Kier molecular flexibility index (Phi) is 5.49. The average Bonchev–Trinajstić information content (AvgIpc) is 2.42. The Balaban J connectivity index is 1.57. The number of benzene rings is 1. The van der Waals surface area contributed by atoms with Gasteiger partial charge < -0.3 is 15.2 Å². The van der Waals surface area contributed by atoms with Crippen molar-refractivity contribution in [2.45, 2.75) is 44.8 Å². The number of phenolic OH excluding ortho intramolecular Hbond substituents is 1. The van der Waals surface area contributed by atoms with Gasteiger partial charge in [0.15, 0.2) is 0 Å². The molecule has 1 fully saturated rings. The van der Waals surface area contributed by atoms with Gasteiger partial charge >= 0.3 is 0 Å². The van der Waals surface area contributed by atoms with Crippen molar-refractivity contribution in [3.05, 3.63) is 29.8 Å². The van der Waals surface area contributed by atoms with Crippen LogP contribution in [0.2, 0.25) is 0 Å². The van der Waals surface area contributed by atoms with Crippen LogP contribution in [0, 0.1) is 0 Å². The summed E-state index contributed by atoms with van der Waals surface area (Å²) in [6, 6.07) is 7.43. The van der Waals surface area contributed by atoms with Gasteiger partial charge in [-0.1, -0.05) is 37.5 Å². The molecule has 0 unspecified atom stereocenters. The SMILES string of the molecule is Oc1ccccc1CNCCOC1CCCCC1. The Hall–Kier alpha value is -1.06. The zero-order chi connectivity index (χ0) is 12.6. The van der Waals surface area contributed by atoms with E-state index in [9.17, 15) is 5.11 Å². The molecule has 0 heterocycles. The molecule has 0 aromatic heterocycles. The maximum Gasteiger partial charge on any atom is 0.120 e. The summed E-state index contributed by atoms with van der Waals surface area (Å²) in [5, 5.41) is 12.9. The minimum absolute atomic E-state index is 0.359. The Morgan fingerprint density at radius 3 is 2.72 bits per heavy atom. The Morgan fingerprint density at radius 1 is 1.17 bits per heavy atom. The molecule has 0 aliphatic heterocycles.